The SMILES string of the molecule is C=C1[C@@H](COCc2ccccc2)[C@@H](OCc2ccccc2)[C@@H]1n1cnc2c(N)ncnc21. The number of nitrogen functional groups attached to an aromatic ring is 1. The van der Waals surface area contributed by atoms with Gasteiger partial charge < -0.3 is 19.8 Å². The van der Waals surface area contributed by atoms with Crippen molar-refractivity contribution < 1.29 is 9.47 Å². The van der Waals surface area contributed by atoms with Gasteiger partial charge in [-0.3, -0.25) is 0 Å². The molecule has 0 spiro atoms. The molecule has 3 atom stereocenters. The lowest BCUT2D eigenvalue weighted by atomic mass is 9.72. The summed E-state index contributed by atoms with van der Waals surface area (Å²) in [5.74, 6) is 0.437. The number of rotatable bonds is 8. The Bertz CT molecular complexity index is 1210. The number of ether oxygens (including phenoxy) is 2. The minimum Gasteiger partial charge on any atom is -0.382 e. The van der Waals surface area contributed by atoms with Gasteiger partial charge in [0.1, 0.15) is 11.8 Å². The molecule has 0 amide bonds. The number of nitrogens with zero attached hydrogens (tertiary/aromatic N) is 4. The third-order valence-electron chi connectivity index (χ3n) is 5.94. The van der Waals surface area contributed by atoms with Crippen molar-refractivity contribution >= 4 is 17.0 Å². The Balaban J connectivity index is 1.35. The smallest absolute Gasteiger partial charge is 0.166 e. The van der Waals surface area contributed by atoms with E-state index in [0.717, 1.165) is 16.7 Å². The van der Waals surface area contributed by atoms with E-state index in [9.17, 15) is 0 Å². The molecule has 32 heavy (non-hydrogen) atoms. The summed E-state index contributed by atoms with van der Waals surface area (Å²) < 4.78 is 14.4. The van der Waals surface area contributed by atoms with Gasteiger partial charge in [-0.05, 0) is 16.7 Å². The Morgan fingerprint density at radius 3 is 2.31 bits per heavy atom. The van der Waals surface area contributed by atoms with Crippen LogP contribution < -0.4 is 5.73 Å². The zero-order valence-electron chi connectivity index (χ0n) is 17.7. The number of anilines is 1. The molecule has 2 aromatic carbocycles. The zero-order valence-corrected chi connectivity index (χ0v) is 17.7. The van der Waals surface area contributed by atoms with E-state index in [1.807, 2.05) is 41.0 Å². The van der Waals surface area contributed by atoms with Crippen LogP contribution in [0.15, 0.2) is 85.5 Å². The molecular formula is C25H25N5O2. The second-order valence-corrected chi connectivity index (χ2v) is 7.97. The summed E-state index contributed by atoms with van der Waals surface area (Å²) in [5.41, 5.74) is 10.5. The number of imidazole rings is 1. The van der Waals surface area contributed by atoms with Crippen molar-refractivity contribution in [3.8, 4) is 0 Å². The summed E-state index contributed by atoms with van der Waals surface area (Å²) in [6.45, 7) is 5.95. The molecule has 0 unspecified atom stereocenters. The third-order valence-corrected chi connectivity index (χ3v) is 5.94. The molecule has 2 aromatic heterocycles. The highest BCUT2D eigenvalue weighted by Crippen LogP contribution is 2.46. The lowest BCUT2D eigenvalue weighted by molar-refractivity contribution is -0.0819. The highest BCUT2D eigenvalue weighted by Gasteiger charge is 2.47. The molecule has 0 aliphatic heterocycles. The lowest BCUT2D eigenvalue weighted by Gasteiger charge is -2.47. The van der Waals surface area contributed by atoms with E-state index in [2.05, 4.69) is 45.8 Å². The molecule has 1 aliphatic carbocycles. The van der Waals surface area contributed by atoms with Gasteiger partial charge in [0, 0.05) is 5.92 Å². The zero-order chi connectivity index (χ0) is 21.9. The standard InChI is InChI=1S/C25H25N5O2/c1-17-20(14-31-12-18-8-4-2-5-9-18)23(32-13-19-10-6-3-7-11-19)22(17)30-16-29-21-24(26)27-15-28-25(21)30/h2-11,15-16,20,22-23H,1,12-14H2,(H2,26,27,28)/t20-,22-,23-/m1/s1. The van der Waals surface area contributed by atoms with E-state index in [1.54, 1.807) is 6.33 Å². The monoisotopic (exact) mass is 427 g/mol. The summed E-state index contributed by atoms with van der Waals surface area (Å²) >= 11 is 0. The lowest BCUT2D eigenvalue weighted by Crippen LogP contribution is -2.49. The molecule has 2 heterocycles. The fraction of sp³-hybridized carbons (Fsp3) is 0.240. The molecule has 0 bridgehead atoms. The Kier molecular flexibility index (Phi) is 5.66. The van der Waals surface area contributed by atoms with Crippen molar-refractivity contribution in [2.45, 2.75) is 25.4 Å². The Hall–Kier alpha value is -3.55. The van der Waals surface area contributed by atoms with Crippen molar-refractivity contribution in [1.82, 2.24) is 19.5 Å². The van der Waals surface area contributed by atoms with Gasteiger partial charge in [0.05, 0.1) is 38.3 Å². The van der Waals surface area contributed by atoms with Crippen LogP contribution in [-0.4, -0.2) is 32.2 Å². The summed E-state index contributed by atoms with van der Waals surface area (Å²) in [6.07, 6.45) is 3.08. The molecule has 2 N–H and O–H groups in total. The van der Waals surface area contributed by atoms with Gasteiger partial charge in [-0.25, -0.2) is 15.0 Å². The van der Waals surface area contributed by atoms with Crippen LogP contribution in [0.25, 0.3) is 11.2 Å². The van der Waals surface area contributed by atoms with Gasteiger partial charge in [0.2, 0.25) is 0 Å². The van der Waals surface area contributed by atoms with Crippen LogP contribution in [0.2, 0.25) is 0 Å². The van der Waals surface area contributed by atoms with E-state index >= 15 is 0 Å². The predicted molar refractivity (Wildman–Crippen MR) is 123 cm³/mol. The average Bonchev–Trinajstić information content (AvgIpc) is 3.25. The minimum atomic E-state index is -0.118. The van der Waals surface area contributed by atoms with Gasteiger partial charge >= 0.3 is 0 Å². The number of fused-ring (bicyclic) bond motifs is 1. The van der Waals surface area contributed by atoms with Gasteiger partial charge in [0.15, 0.2) is 11.5 Å². The number of benzene rings is 2. The van der Waals surface area contributed by atoms with Crippen molar-refractivity contribution in [3.05, 3.63) is 96.6 Å². The van der Waals surface area contributed by atoms with E-state index in [-0.39, 0.29) is 18.1 Å². The highest BCUT2D eigenvalue weighted by molar-refractivity contribution is 5.81. The molecule has 1 fully saturated rings. The maximum atomic E-state index is 6.40. The molecular weight excluding hydrogens is 402 g/mol. The molecule has 1 aliphatic rings. The fourth-order valence-corrected chi connectivity index (χ4v) is 4.21. The quantitative estimate of drug-likeness (QED) is 0.429. The van der Waals surface area contributed by atoms with Gasteiger partial charge in [0.25, 0.3) is 0 Å². The van der Waals surface area contributed by atoms with E-state index in [4.69, 9.17) is 15.2 Å². The Morgan fingerprint density at radius 2 is 1.59 bits per heavy atom. The molecule has 7 heteroatoms. The van der Waals surface area contributed by atoms with Crippen molar-refractivity contribution in [3.63, 3.8) is 0 Å². The van der Waals surface area contributed by atoms with Crippen LogP contribution in [0, 0.1) is 5.92 Å². The minimum absolute atomic E-state index is 0.0732. The largest absolute Gasteiger partial charge is 0.382 e. The fourth-order valence-electron chi connectivity index (χ4n) is 4.21. The van der Waals surface area contributed by atoms with Gasteiger partial charge in [-0.15, -0.1) is 0 Å². The molecule has 4 aromatic rings. The molecule has 7 nitrogen and oxygen atoms in total. The number of aromatic nitrogens is 4. The molecule has 0 saturated heterocycles. The number of hydrogen-bond donors (Lipinski definition) is 1. The van der Waals surface area contributed by atoms with Crippen molar-refractivity contribution in [2.24, 2.45) is 5.92 Å². The molecule has 1 saturated carbocycles. The molecule has 0 radical (unpaired) electrons. The number of nitrogens with two attached hydrogens (primary N) is 1. The molecule has 5 rings (SSSR count). The first kappa shape index (κ1) is 20.4. The van der Waals surface area contributed by atoms with E-state index in [0.29, 0.717) is 36.8 Å². The van der Waals surface area contributed by atoms with Crippen molar-refractivity contribution in [1.29, 1.82) is 0 Å². The summed E-state index contributed by atoms with van der Waals surface area (Å²) in [5, 5.41) is 0. The van der Waals surface area contributed by atoms with Crippen LogP contribution >= 0.6 is 0 Å². The second-order valence-electron chi connectivity index (χ2n) is 7.97. The Morgan fingerprint density at radius 1 is 0.906 bits per heavy atom. The van der Waals surface area contributed by atoms with E-state index in [1.165, 1.54) is 6.33 Å². The van der Waals surface area contributed by atoms with Crippen LogP contribution in [0.4, 0.5) is 5.82 Å². The summed E-state index contributed by atoms with van der Waals surface area (Å²) in [6, 6.07) is 20.2. The van der Waals surface area contributed by atoms with Gasteiger partial charge in [-0.2, -0.15) is 0 Å². The average molecular weight is 428 g/mol. The Labute approximate surface area is 186 Å². The topological polar surface area (TPSA) is 88.1 Å². The summed E-state index contributed by atoms with van der Waals surface area (Å²) in [4.78, 5) is 12.9. The van der Waals surface area contributed by atoms with Crippen LogP contribution in [0.3, 0.4) is 0 Å². The normalized spacial score (nSPS) is 20.4. The maximum absolute atomic E-state index is 6.40. The first-order valence-electron chi connectivity index (χ1n) is 10.6. The second kappa shape index (κ2) is 8.90. The van der Waals surface area contributed by atoms with Gasteiger partial charge in [-0.1, -0.05) is 67.2 Å². The molecule has 162 valence electrons. The van der Waals surface area contributed by atoms with Crippen LogP contribution in [0.5, 0.6) is 0 Å². The number of hydrogen-bond acceptors (Lipinski definition) is 6. The van der Waals surface area contributed by atoms with Crippen LogP contribution in [0.1, 0.15) is 17.2 Å². The third kappa shape index (κ3) is 3.88. The first-order valence-corrected chi connectivity index (χ1v) is 10.6. The maximum Gasteiger partial charge on any atom is 0.166 e. The highest BCUT2D eigenvalue weighted by atomic mass is 16.5. The van der Waals surface area contributed by atoms with Crippen LogP contribution in [-0.2, 0) is 22.7 Å². The predicted octanol–water partition coefficient (Wildman–Crippen LogP) is 3.94. The summed E-state index contributed by atoms with van der Waals surface area (Å²) in [7, 11) is 0. The van der Waals surface area contributed by atoms with Crippen molar-refractivity contribution in [2.75, 3.05) is 12.3 Å². The van der Waals surface area contributed by atoms with E-state index < -0.39 is 0 Å². The first-order chi connectivity index (χ1) is 15.7.